The lowest BCUT2D eigenvalue weighted by atomic mass is 10.2. The average Bonchev–Trinajstić information content (AvgIpc) is 2.40. The number of nitrogens with one attached hydrogen (secondary N) is 1. The normalized spacial score (nSPS) is 10.2. The Labute approximate surface area is 113 Å². The number of carbonyl (C=O) groups is 1. The molecule has 1 aromatic carbocycles. The van der Waals surface area contributed by atoms with Crippen molar-refractivity contribution in [3.8, 4) is 0 Å². The molecule has 19 heavy (non-hydrogen) atoms. The molecule has 1 aromatic heterocycles. The van der Waals surface area contributed by atoms with Gasteiger partial charge >= 0.3 is 5.97 Å². The van der Waals surface area contributed by atoms with E-state index < -0.39 is 11.8 Å². The number of benzene rings is 1. The van der Waals surface area contributed by atoms with E-state index >= 15 is 0 Å². The molecule has 2 rings (SSSR count). The van der Waals surface area contributed by atoms with E-state index in [-0.39, 0.29) is 17.1 Å². The van der Waals surface area contributed by atoms with Crippen LogP contribution in [0.1, 0.15) is 16.1 Å². The Morgan fingerprint density at radius 1 is 1.47 bits per heavy atom. The summed E-state index contributed by atoms with van der Waals surface area (Å²) in [5.74, 6) is -1.66. The molecular weight excluding hydrogens is 273 g/mol. The smallest absolute Gasteiger partial charge is 0.339 e. The third kappa shape index (κ3) is 3.17. The predicted molar refractivity (Wildman–Crippen MR) is 67.7 cm³/mol. The van der Waals surface area contributed by atoms with E-state index in [1.807, 2.05) is 0 Å². The number of aromatic carboxylic acids is 1. The molecule has 0 saturated heterocycles. The summed E-state index contributed by atoms with van der Waals surface area (Å²) in [5, 5.41) is 11.9. The fourth-order valence-corrected chi connectivity index (χ4v) is 1.58. The summed E-state index contributed by atoms with van der Waals surface area (Å²) >= 11 is 5.56. The largest absolute Gasteiger partial charge is 0.478 e. The molecule has 0 saturated carbocycles. The highest BCUT2D eigenvalue weighted by atomic mass is 35.5. The third-order valence-electron chi connectivity index (χ3n) is 2.40. The molecule has 98 valence electrons. The highest BCUT2D eigenvalue weighted by Crippen LogP contribution is 2.19. The first kappa shape index (κ1) is 13.2. The zero-order valence-corrected chi connectivity index (χ0v) is 10.4. The van der Waals surface area contributed by atoms with E-state index in [1.54, 1.807) is 6.07 Å². The Kier molecular flexibility index (Phi) is 3.91. The number of nitrogens with zero attached hydrogens (tertiary/aromatic N) is 2. The molecular formula is C12H9ClFN3O2. The van der Waals surface area contributed by atoms with E-state index in [1.165, 1.54) is 24.7 Å². The molecule has 0 bridgehead atoms. The standard InChI is InChI=1S/C12H9ClFN3O2/c13-9-2-1-7(3-10(9)14)16-5-11-8(12(18)19)4-15-6-17-11/h1-4,6,16H,5H2,(H,18,19). The minimum atomic E-state index is -1.11. The number of aromatic nitrogens is 2. The maximum atomic E-state index is 13.2. The van der Waals surface area contributed by atoms with Crippen LogP contribution in [0, 0.1) is 5.82 Å². The lowest BCUT2D eigenvalue weighted by Crippen LogP contribution is -2.10. The van der Waals surface area contributed by atoms with Crippen molar-refractivity contribution in [2.24, 2.45) is 0 Å². The molecule has 2 aromatic rings. The maximum absolute atomic E-state index is 13.2. The van der Waals surface area contributed by atoms with Gasteiger partial charge in [0.25, 0.3) is 0 Å². The van der Waals surface area contributed by atoms with Gasteiger partial charge in [0.1, 0.15) is 17.7 Å². The second-order valence-corrected chi connectivity index (χ2v) is 4.08. The van der Waals surface area contributed by atoms with Gasteiger partial charge in [0, 0.05) is 11.9 Å². The zero-order chi connectivity index (χ0) is 13.8. The summed E-state index contributed by atoms with van der Waals surface area (Å²) in [6.45, 7) is 0.144. The number of halogens is 2. The minimum Gasteiger partial charge on any atom is -0.478 e. The van der Waals surface area contributed by atoms with Crippen LogP contribution in [-0.4, -0.2) is 21.0 Å². The van der Waals surface area contributed by atoms with Crippen LogP contribution in [0.4, 0.5) is 10.1 Å². The summed E-state index contributed by atoms with van der Waals surface area (Å²) in [5.41, 5.74) is 0.805. The molecule has 1 heterocycles. The van der Waals surface area contributed by atoms with Gasteiger partial charge in [-0.3, -0.25) is 0 Å². The fraction of sp³-hybridized carbons (Fsp3) is 0.0833. The highest BCUT2D eigenvalue weighted by Gasteiger charge is 2.11. The van der Waals surface area contributed by atoms with Crippen molar-refractivity contribution < 1.29 is 14.3 Å². The van der Waals surface area contributed by atoms with Gasteiger partial charge in [-0.2, -0.15) is 0 Å². The second kappa shape index (κ2) is 5.62. The second-order valence-electron chi connectivity index (χ2n) is 3.67. The zero-order valence-electron chi connectivity index (χ0n) is 9.60. The molecule has 0 spiro atoms. The van der Waals surface area contributed by atoms with Crippen molar-refractivity contribution in [2.75, 3.05) is 5.32 Å². The van der Waals surface area contributed by atoms with Crippen molar-refractivity contribution in [3.63, 3.8) is 0 Å². The van der Waals surface area contributed by atoms with Gasteiger partial charge in [0.2, 0.25) is 0 Å². The molecule has 5 nitrogen and oxygen atoms in total. The van der Waals surface area contributed by atoms with Crippen LogP contribution >= 0.6 is 11.6 Å². The van der Waals surface area contributed by atoms with E-state index in [0.717, 1.165) is 0 Å². The predicted octanol–water partition coefficient (Wildman–Crippen LogP) is 2.58. The summed E-state index contributed by atoms with van der Waals surface area (Å²) in [6.07, 6.45) is 2.47. The van der Waals surface area contributed by atoms with Crippen molar-refractivity contribution in [3.05, 3.63) is 52.8 Å². The van der Waals surface area contributed by atoms with Crippen molar-refractivity contribution >= 4 is 23.3 Å². The topological polar surface area (TPSA) is 75.1 Å². The van der Waals surface area contributed by atoms with Gasteiger partial charge < -0.3 is 10.4 Å². The molecule has 0 unspecified atom stereocenters. The SMILES string of the molecule is O=C(O)c1cncnc1CNc1ccc(Cl)c(F)c1. The number of anilines is 1. The Balaban J connectivity index is 2.14. The lowest BCUT2D eigenvalue weighted by molar-refractivity contribution is 0.0694. The number of carboxylic acids is 1. The Bertz CT molecular complexity index is 622. The Hall–Kier alpha value is -2.21. The summed E-state index contributed by atoms with van der Waals surface area (Å²) in [7, 11) is 0. The van der Waals surface area contributed by atoms with Crippen LogP contribution in [0.25, 0.3) is 0 Å². The van der Waals surface area contributed by atoms with Gasteiger partial charge in [0.05, 0.1) is 17.3 Å². The van der Waals surface area contributed by atoms with Gasteiger partial charge in [0.15, 0.2) is 0 Å². The van der Waals surface area contributed by atoms with E-state index in [4.69, 9.17) is 16.7 Å². The molecule has 2 N–H and O–H groups in total. The minimum absolute atomic E-state index is 0.00411. The van der Waals surface area contributed by atoms with E-state index in [9.17, 15) is 9.18 Å². The van der Waals surface area contributed by atoms with Crippen molar-refractivity contribution in [1.82, 2.24) is 9.97 Å². The quantitative estimate of drug-likeness (QED) is 0.901. The molecule has 0 radical (unpaired) electrons. The Morgan fingerprint density at radius 2 is 2.26 bits per heavy atom. The van der Waals surface area contributed by atoms with Crippen LogP contribution in [0.5, 0.6) is 0 Å². The number of carboxylic acid groups (broad SMARTS) is 1. The fourth-order valence-electron chi connectivity index (χ4n) is 1.47. The average molecular weight is 282 g/mol. The van der Waals surface area contributed by atoms with Crippen LogP contribution in [0.3, 0.4) is 0 Å². The molecule has 0 aliphatic heterocycles. The van der Waals surface area contributed by atoms with Crippen molar-refractivity contribution in [1.29, 1.82) is 0 Å². The van der Waals surface area contributed by atoms with Crippen LogP contribution in [0.2, 0.25) is 5.02 Å². The van der Waals surface area contributed by atoms with Crippen LogP contribution in [0.15, 0.2) is 30.7 Å². The molecule has 0 fully saturated rings. The van der Waals surface area contributed by atoms with Crippen LogP contribution in [-0.2, 0) is 6.54 Å². The number of hydrogen-bond acceptors (Lipinski definition) is 4. The summed E-state index contributed by atoms with van der Waals surface area (Å²) < 4.78 is 13.2. The van der Waals surface area contributed by atoms with Gasteiger partial charge in [-0.15, -0.1) is 0 Å². The molecule has 7 heteroatoms. The van der Waals surface area contributed by atoms with E-state index in [2.05, 4.69) is 15.3 Å². The van der Waals surface area contributed by atoms with Gasteiger partial charge in [-0.05, 0) is 18.2 Å². The Morgan fingerprint density at radius 3 is 2.95 bits per heavy atom. The molecule has 0 aliphatic rings. The van der Waals surface area contributed by atoms with Gasteiger partial charge in [-0.1, -0.05) is 11.6 Å². The maximum Gasteiger partial charge on any atom is 0.339 e. The molecule has 0 atom stereocenters. The summed E-state index contributed by atoms with van der Waals surface area (Å²) in [6, 6.07) is 4.23. The summed E-state index contributed by atoms with van der Waals surface area (Å²) in [4.78, 5) is 18.5. The van der Waals surface area contributed by atoms with Crippen molar-refractivity contribution in [2.45, 2.75) is 6.54 Å². The highest BCUT2D eigenvalue weighted by molar-refractivity contribution is 6.30. The lowest BCUT2D eigenvalue weighted by Gasteiger charge is -2.08. The van der Waals surface area contributed by atoms with Crippen LogP contribution < -0.4 is 5.32 Å². The van der Waals surface area contributed by atoms with E-state index in [0.29, 0.717) is 11.4 Å². The first-order valence-electron chi connectivity index (χ1n) is 5.29. The molecule has 0 aliphatic carbocycles. The number of rotatable bonds is 4. The third-order valence-corrected chi connectivity index (χ3v) is 2.71. The molecule has 0 amide bonds. The number of hydrogen-bond donors (Lipinski definition) is 2. The van der Waals surface area contributed by atoms with Gasteiger partial charge in [-0.25, -0.2) is 19.2 Å². The monoisotopic (exact) mass is 281 g/mol. The first-order valence-corrected chi connectivity index (χ1v) is 5.67. The first-order chi connectivity index (χ1) is 9.08.